The van der Waals surface area contributed by atoms with Crippen molar-refractivity contribution in [3.63, 3.8) is 0 Å². The number of nitrogen functional groups attached to an aromatic ring is 1. The zero-order valence-electron chi connectivity index (χ0n) is 9.13. The average Bonchev–Trinajstić information content (AvgIpc) is 2.39. The summed E-state index contributed by atoms with van der Waals surface area (Å²) in [6.45, 7) is 0.987. The van der Waals surface area contributed by atoms with Crippen molar-refractivity contribution in [2.75, 3.05) is 30.0 Å². The van der Waals surface area contributed by atoms with Gasteiger partial charge in [-0.1, -0.05) is 0 Å². The third-order valence-corrected chi connectivity index (χ3v) is 3.74. The van der Waals surface area contributed by atoms with Gasteiger partial charge in [0, 0.05) is 35.4 Å². The van der Waals surface area contributed by atoms with E-state index in [1.165, 1.54) is 12.4 Å². The van der Waals surface area contributed by atoms with Crippen LogP contribution in [-0.2, 0) is 10.8 Å². The molecule has 17 heavy (non-hydrogen) atoms. The molecule has 1 aromatic heterocycles. The first kappa shape index (κ1) is 11.9. The molecule has 1 saturated heterocycles. The average molecular weight is 255 g/mol. The van der Waals surface area contributed by atoms with E-state index in [1.807, 2.05) is 0 Å². The second-order valence-corrected chi connectivity index (χ2v) is 5.27. The van der Waals surface area contributed by atoms with Gasteiger partial charge >= 0.3 is 0 Å². The van der Waals surface area contributed by atoms with Crippen molar-refractivity contribution in [1.82, 2.24) is 14.9 Å². The molecule has 92 valence electrons. The van der Waals surface area contributed by atoms with Gasteiger partial charge in [0.1, 0.15) is 5.69 Å². The minimum Gasteiger partial charge on any atom is -0.335 e. The summed E-state index contributed by atoms with van der Waals surface area (Å²) in [5.41, 5.74) is 2.58. The summed E-state index contributed by atoms with van der Waals surface area (Å²) in [7, 11) is -0.802. The van der Waals surface area contributed by atoms with Gasteiger partial charge in [0.2, 0.25) is 0 Å². The Kier molecular flexibility index (Phi) is 3.64. The number of nitrogens with two attached hydrogens (primary N) is 1. The molecule has 7 nitrogen and oxygen atoms in total. The van der Waals surface area contributed by atoms with Crippen LogP contribution in [0.2, 0.25) is 0 Å². The highest BCUT2D eigenvalue weighted by Gasteiger charge is 2.22. The van der Waals surface area contributed by atoms with Gasteiger partial charge in [0.15, 0.2) is 5.82 Å². The highest BCUT2D eigenvalue weighted by Crippen LogP contribution is 2.07. The van der Waals surface area contributed by atoms with E-state index in [0.717, 1.165) is 0 Å². The van der Waals surface area contributed by atoms with Crippen LogP contribution < -0.4 is 11.3 Å². The molecule has 0 atom stereocenters. The molecule has 0 bridgehead atoms. The SMILES string of the molecule is NNc1cncc(C(=O)N2CCS(=O)CC2)n1. The minimum absolute atomic E-state index is 0.202. The van der Waals surface area contributed by atoms with Crippen LogP contribution in [0.4, 0.5) is 5.82 Å². The predicted octanol–water partition coefficient (Wildman–Crippen LogP) is -1.03. The molecular formula is C9H13N5O2S. The van der Waals surface area contributed by atoms with E-state index in [1.54, 1.807) is 4.90 Å². The van der Waals surface area contributed by atoms with Crippen molar-refractivity contribution < 1.29 is 9.00 Å². The Hall–Kier alpha value is -1.54. The number of hydrogen-bond acceptors (Lipinski definition) is 6. The maximum atomic E-state index is 12.0. The van der Waals surface area contributed by atoms with Crippen LogP contribution in [0, 0.1) is 0 Å². The first-order valence-electron chi connectivity index (χ1n) is 5.13. The number of amides is 1. The van der Waals surface area contributed by atoms with Crippen LogP contribution in [0.25, 0.3) is 0 Å². The molecule has 1 aromatic rings. The summed E-state index contributed by atoms with van der Waals surface area (Å²) < 4.78 is 11.2. The Morgan fingerprint density at radius 3 is 2.76 bits per heavy atom. The Balaban J connectivity index is 2.10. The Morgan fingerprint density at radius 2 is 2.12 bits per heavy atom. The quantitative estimate of drug-likeness (QED) is 0.517. The molecule has 0 radical (unpaired) electrons. The third-order valence-electron chi connectivity index (χ3n) is 2.47. The van der Waals surface area contributed by atoms with Crippen LogP contribution in [0.5, 0.6) is 0 Å². The standard InChI is InChI=1S/C9H13N5O2S/c10-13-8-6-11-5-7(12-8)9(15)14-1-3-17(16)4-2-14/h5-6H,1-4,10H2,(H,12,13). The zero-order chi connectivity index (χ0) is 12.3. The highest BCUT2D eigenvalue weighted by atomic mass is 32.2. The second-order valence-electron chi connectivity index (χ2n) is 3.57. The number of carbonyl (C=O) groups is 1. The molecule has 0 aliphatic carbocycles. The number of aromatic nitrogens is 2. The van der Waals surface area contributed by atoms with E-state index < -0.39 is 10.8 Å². The lowest BCUT2D eigenvalue weighted by Crippen LogP contribution is -2.42. The smallest absolute Gasteiger partial charge is 0.274 e. The summed E-state index contributed by atoms with van der Waals surface area (Å²) in [4.78, 5) is 21.6. The van der Waals surface area contributed by atoms with Gasteiger partial charge in [-0.2, -0.15) is 0 Å². The largest absolute Gasteiger partial charge is 0.335 e. The zero-order valence-corrected chi connectivity index (χ0v) is 9.94. The summed E-state index contributed by atoms with van der Waals surface area (Å²) in [5.74, 6) is 6.38. The molecule has 8 heteroatoms. The number of carbonyl (C=O) groups excluding carboxylic acids is 1. The molecule has 1 amide bonds. The predicted molar refractivity (Wildman–Crippen MR) is 63.6 cm³/mol. The molecule has 1 aliphatic rings. The summed E-state index contributed by atoms with van der Waals surface area (Å²) in [6.07, 6.45) is 2.83. The minimum atomic E-state index is -0.802. The van der Waals surface area contributed by atoms with Gasteiger partial charge in [-0.3, -0.25) is 14.0 Å². The number of hydrogen-bond donors (Lipinski definition) is 2. The van der Waals surface area contributed by atoms with Crippen molar-refractivity contribution in [2.45, 2.75) is 0 Å². The third kappa shape index (κ3) is 2.77. The van der Waals surface area contributed by atoms with Crippen molar-refractivity contribution in [2.24, 2.45) is 5.84 Å². The van der Waals surface area contributed by atoms with Crippen molar-refractivity contribution in [1.29, 1.82) is 0 Å². The summed E-state index contributed by atoms with van der Waals surface area (Å²) in [5, 5.41) is 0. The van der Waals surface area contributed by atoms with E-state index in [9.17, 15) is 9.00 Å². The number of anilines is 1. The van der Waals surface area contributed by atoms with Gasteiger partial charge < -0.3 is 10.3 Å². The van der Waals surface area contributed by atoms with Crippen molar-refractivity contribution in [3.05, 3.63) is 18.1 Å². The van der Waals surface area contributed by atoms with Gasteiger partial charge in [0.05, 0.1) is 12.4 Å². The number of nitrogens with zero attached hydrogens (tertiary/aromatic N) is 3. The molecule has 3 N–H and O–H groups in total. The Bertz CT molecular complexity index is 443. The van der Waals surface area contributed by atoms with E-state index in [4.69, 9.17) is 5.84 Å². The first-order valence-corrected chi connectivity index (χ1v) is 6.62. The normalized spacial score (nSPS) is 16.9. The molecule has 2 rings (SSSR count). The van der Waals surface area contributed by atoms with Gasteiger partial charge in [-0.15, -0.1) is 0 Å². The number of rotatable bonds is 2. The second kappa shape index (κ2) is 5.19. The van der Waals surface area contributed by atoms with Crippen molar-refractivity contribution in [3.8, 4) is 0 Å². The van der Waals surface area contributed by atoms with Crippen LogP contribution in [0.15, 0.2) is 12.4 Å². The molecule has 0 saturated carbocycles. The van der Waals surface area contributed by atoms with Crippen LogP contribution in [0.3, 0.4) is 0 Å². The monoisotopic (exact) mass is 255 g/mol. The maximum Gasteiger partial charge on any atom is 0.274 e. The maximum absolute atomic E-state index is 12.0. The molecule has 2 heterocycles. The fraction of sp³-hybridized carbons (Fsp3) is 0.444. The van der Waals surface area contributed by atoms with E-state index in [0.29, 0.717) is 30.4 Å². The van der Waals surface area contributed by atoms with Crippen LogP contribution in [0.1, 0.15) is 10.5 Å². The lowest BCUT2D eigenvalue weighted by Gasteiger charge is -2.25. The highest BCUT2D eigenvalue weighted by molar-refractivity contribution is 7.85. The summed E-state index contributed by atoms with van der Waals surface area (Å²) >= 11 is 0. The Morgan fingerprint density at radius 1 is 1.41 bits per heavy atom. The molecular weight excluding hydrogens is 242 g/mol. The number of hydrazine groups is 1. The van der Waals surface area contributed by atoms with Gasteiger partial charge in [-0.05, 0) is 0 Å². The van der Waals surface area contributed by atoms with Gasteiger partial charge in [0.25, 0.3) is 5.91 Å². The number of nitrogens with one attached hydrogen (secondary N) is 1. The molecule has 1 aliphatic heterocycles. The van der Waals surface area contributed by atoms with E-state index >= 15 is 0 Å². The lowest BCUT2D eigenvalue weighted by atomic mass is 10.3. The molecule has 0 aromatic carbocycles. The van der Waals surface area contributed by atoms with Crippen molar-refractivity contribution >= 4 is 22.5 Å². The van der Waals surface area contributed by atoms with Crippen LogP contribution in [-0.4, -0.2) is 49.6 Å². The van der Waals surface area contributed by atoms with E-state index in [2.05, 4.69) is 15.4 Å². The van der Waals surface area contributed by atoms with Crippen LogP contribution >= 0.6 is 0 Å². The molecule has 0 unspecified atom stereocenters. The lowest BCUT2D eigenvalue weighted by molar-refractivity contribution is 0.0765. The molecule has 1 fully saturated rings. The summed E-state index contributed by atoms with van der Waals surface area (Å²) in [6, 6.07) is 0. The van der Waals surface area contributed by atoms with Gasteiger partial charge in [-0.25, -0.2) is 10.8 Å². The fourth-order valence-electron chi connectivity index (χ4n) is 1.54. The fourth-order valence-corrected chi connectivity index (χ4v) is 2.59. The first-order chi connectivity index (χ1) is 8.20. The van der Waals surface area contributed by atoms with E-state index in [-0.39, 0.29) is 11.6 Å². The molecule has 0 spiro atoms. The Labute approximate surface area is 101 Å². The topological polar surface area (TPSA) is 101 Å².